The molecule has 13 heteroatoms. The molecular weight excluding hydrogens is 553 g/mol. The summed E-state index contributed by atoms with van der Waals surface area (Å²) in [4.78, 5) is 53.1. The monoisotopic (exact) mass is 579 g/mol. The van der Waals surface area contributed by atoms with E-state index in [1.165, 1.54) is 11.3 Å². The van der Waals surface area contributed by atoms with E-state index in [0.717, 1.165) is 15.8 Å². The average molecular weight is 580 g/mol. The summed E-state index contributed by atoms with van der Waals surface area (Å²) in [5.74, 6) is -1.79. The number of carbonyl (C=O) groups is 4. The van der Waals surface area contributed by atoms with Crippen molar-refractivity contribution in [3.8, 4) is 0 Å². The molecule has 1 aromatic carbocycles. The Bertz CT molecular complexity index is 1410. The zero-order chi connectivity index (χ0) is 27.8. The first-order valence-electron chi connectivity index (χ1n) is 11.8. The summed E-state index contributed by atoms with van der Waals surface area (Å²) < 4.78 is 6.34. The summed E-state index contributed by atoms with van der Waals surface area (Å²) in [6.07, 6.45) is -0.790. The van der Waals surface area contributed by atoms with Crippen LogP contribution < -0.4 is 21.7 Å². The Hall–Kier alpha value is -3.28. The second kappa shape index (κ2) is 10.8. The van der Waals surface area contributed by atoms with Crippen LogP contribution in [0.2, 0.25) is 9.36 Å². The van der Waals surface area contributed by atoms with Gasteiger partial charge in [0.15, 0.2) is 0 Å². The maximum absolute atomic E-state index is 13.1. The summed E-state index contributed by atoms with van der Waals surface area (Å²) in [5.41, 5.74) is 7.31. The van der Waals surface area contributed by atoms with E-state index in [9.17, 15) is 19.2 Å². The number of halogens is 2. The van der Waals surface area contributed by atoms with Crippen LogP contribution in [0, 0.1) is 0 Å². The fourth-order valence-corrected chi connectivity index (χ4v) is 5.77. The van der Waals surface area contributed by atoms with Crippen LogP contribution in [0.1, 0.15) is 54.8 Å². The Kier molecular flexibility index (Phi) is 7.91. The van der Waals surface area contributed by atoms with Crippen molar-refractivity contribution in [1.82, 2.24) is 20.9 Å². The minimum Gasteiger partial charge on any atom is -0.444 e. The molecule has 3 aromatic rings. The average Bonchev–Trinajstić information content (AvgIpc) is 3.45. The van der Waals surface area contributed by atoms with Crippen LogP contribution in [0.4, 0.5) is 4.79 Å². The van der Waals surface area contributed by atoms with Crippen LogP contribution in [-0.2, 0) is 20.7 Å². The maximum atomic E-state index is 13.1. The lowest BCUT2D eigenvalue weighted by atomic mass is 10.1. The molecule has 0 saturated heterocycles. The molecule has 10 nitrogen and oxygen atoms in total. The van der Waals surface area contributed by atoms with Crippen molar-refractivity contribution in [3.05, 3.63) is 56.5 Å². The van der Waals surface area contributed by atoms with E-state index < -0.39 is 48.1 Å². The third kappa shape index (κ3) is 6.23. The minimum atomic E-state index is -1.28. The van der Waals surface area contributed by atoms with E-state index in [1.54, 1.807) is 26.8 Å². The Morgan fingerprint density at radius 2 is 1.89 bits per heavy atom. The molecule has 0 saturated carbocycles. The molecule has 0 radical (unpaired) electrons. The van der Waals surface area contributed by atoms with Crippen molar-refractivity contribution in [3.63, 3.8) is 0 Å². The van der Waals surface area contributed by atoms with E-state index in [0.29, 0.717) is 27.0 Å². The van der Waals surface area contributed by atoms with Crippen molar-refractivity contribution in [2.45, 2.75) is 57.3 Å². The van der Waals surface area contributed by atoms with Crippen molar-refractivity contribution in [1.29, 1.82) is 0 Å². The number of fused-ring (bicyclic) bond motifs is 2. The number of rotatable bonds is 7. The van der Waals surface area contributed by atoms with Crippen LogP contribution >= 0.6 is 34.5 Å². The summed E-state index contributed by atoms with van der Waals surface area (Å²) in [6, 6.07) is 6.83. The molecule has 4 amide bonds. The lowest BCUT2D eigenvalue weighted by molar-refractivity contribution is -0.127. The van der Waals surface area contributed by atoms with Gasteiger partial charge in [0.2, 0.25) is 11.8 Å². The molecule has 38 heavy (non-hydrogen) atoms. The molecule has 0 fully saturated rings. The molecule has 4 rings (SSSR count). The number of hydrogen-bond acceptors (Lipinski definition) is 6. The first-order chi connectivity index (χ1) is 17.8. The molecule has 3 atom stereocenters. The Balaban J connectivity index is 1.47. The number of amides is 4. The normalized spacial score (nSPS) is 17.5. The highest BCUT2D eigenvalue weighted by Gasteiger charge is 2.36. The van der Waals surface area contributed by atoms with Crippen LogP contribution in [0.25, 0.3) is 10.2 Å². The summed E-state index contributed by atoms with van der Waals surface area (Å²) in [7, 11) is 0. The molecule has 1 aliphatic rings. The van der Waals surface area contributed by atoms with Gasteiger partial charge >= 0.3 is 6.09 Å². The number of primary amides is 1. The molecule has 202 valence electrons. The van der Waals surface area contributed by atoms with Gasteiger partial charge in [-0.05, 0) is 44.4 Å². The number of alkyl carbamates (subject to hydrolysis) is 1. The van der Waals surface area contributed by atoms with Gasteiger partial charge < -0.3 is 31.4 Å². The number of H-pyrrole nitrogens is 1. The minimum absolute atomic E-state index is 0.307. The van der Waals surface area contributed by atoms with Gasteiger partial charge in [-0.1, -0.05) is 47.5 Å². The summed E-state index contributed by atoms with van der Waals surface area (Å²) >= 11 is 13.5. The number of aromatic amines is 1. The molecule has 2 aromatic heterocycles. The predicted octanol–water partition coefficient (Wildman–Crippen LogP) is 3.82. The quantitative estimate of drug-likeness (QED) is 0.287. The van der Waals surface area contributed by atoms with Crippen LogP contribution in [0.5, 0.6) is 0 Å². The highest BCUT2D eigenvalue weighted by atomic mass is 35.5. The predicted molar refractivity (Wildman–Crippen MR) is 145 cm³/mol. The zero-order valence-electron chi connectivity index (χ0n) is 20.8. The first-order valence-corrected chi connectivity index (χ1v) is 13.3. The molecule has 0 unspecified atom stereocenters. The standard InChI is InChI=1S/C25H27Cl2N5O5S/c1-25(2,3)37-24(36)31-14(22(28)34)10-17(33)32-19-12-7-5-4-6-11(12)8-13(19)30-23(35)15-9-16-20(29-15)18(26)21(27)38-16/h4-7,9,13-14,19,29H,8,10H2,1-3H3,(H2,28,34)(H,30,35)(H,31,36)(H,32,33)/t13-,14+,19+/m0/s1. The number of aromatic nitrogens is 1. The number of thiophene rings is 1. The second-order valence-corrected chi connectivity index (χ2v) is 12.0. The van der Waals surface area contributed by atoms with Gasteiger partial charge in [0.1, 0.15) is 21.7 Å². The van der Waals surface area contributed by atoms with E-state index >= 15 is 0 Å². The molecule has 6 N–H and O–H groups in total. The van der Waals surface area contributed by atoms with Gasteiger partial charge in [-0.15, -0.1) is 11.3 Å². The van der Waals surface area contributed by atoms with Gasteiger partial charge in [-0.3, -0.25) is 14.4 Å². The highest BCUT2D eigenvalue weighted by molar-refractivity contribution is 7.23. The van der Waals surface area contributed by atoms with Crippen LogP contribution in [0.3, 0.4) is 0 Å². The van der Waals surface area contributed by atoms with E-state index in [2.05, 4.69) is 20.9 Å². The van der Waals surface area contributed by atoms with Crippen molar-refractivity contribution in [2.75, 3.05) is 0 Å². The van der Waals surface area contributed by atoms with Gasteiger partial charge in [-0.2, -0.15) is 0 Å². The largest absolute Gasteiger partial charge is 0.444 e. The zero-order valence-corrected chi connectivity index (χ0v) is 23.1. The Morgan fingerprint density at radius 1 is 1.18 bits per heavy atom. The highest BCUT2D eigenvalue weighted by Crippen LogP contribution is 2.39. The first kappa shape index (κ1) is 27.7. The molecule has 2 heterocycles. The lowest BCUT2D eigenvalue weighted by Gasteiger charge is -2.25. The smallest absolute Gasteiger partial charge is 0.408 e. The molecular formula is C25H27Cl2N5O5S. The summed E-state index contributed by atoms with van der Waals surface area (Å²) in [5, 5.41) is 8.56. The molecule has 0 aliphatic heterocycles. The van der Waals surface area contributed by atoms with Crippen molar-refractivity contribution in [2.24, 2.45) is 5.73 Å². The van der Waals surface area contributed by atoms with Gasteiger partial charge in [-0.25, -0.2) is 4.79 Å². The van der Waals surface area contributed by atoms with Gasteiger partial charge in [0.25, 0.3) is 5.91 Å². The number of nitrogens with two attached hydrogens (primary N) is 1. The Labute approximate surface area is 232 Å². The maximum Gasteiger partial charge on any atom is 0.408 e. The van der Waals surface area contributed by atoms with Crippen molar-refractivity contribution >= 4 is 68.6 Å². The second-order valence-electron chi connectivity index (χ2n) is 9.95. The lowest BCUT2D eigenvalue weighted by Crippen LogP contribution is -2.50. The number of ether oxygens (including phenoxy) is 1. The fraction of sp³-hybridized carbons (Fsp3) is 0.360. The number of benzene rings is 1. The van der Waals surface area contributed by atoms with Gasteiger partial charge in [0.05, 0.1) is 33.7 Å². The molecule has 1 aliphatic carbocycles. The topological polar surface area (TPSA) is 155 Å². The molecule has 0 spiro atoms. The van der Waals surface area contributed by atoms with E-state index in [1.807, 2.05) is 24.3 Å². The van der Waals surface area contributed by atoms with E-state index in [4.69, 9.17) is 33.7 Å². The Morgan fingerprint density at radius 3 is 2.55 bits per heavy atom. The SMILES string of the molecule is CC(C)(C)OC(=O)N[C@H](CC(=O)N[C@@H]1c2ccccc2C[C@@H]1NC(=O)c1cc2sc(Cl)c(Cl)c2[nH]1)C(N)=O. The van der Waals surface area contributed by atoms with Crippen LogP contribution in [0.15, 0.2) is 30.3 Å². The third-order valence-corrected chi connectivity index (χ3v) is 7.84. The summed E-state index contributed by atoms with van der Waals surface area (Å²) in [6.45, 7) is 5.01. The number of hydrogen-bond donors (Lipinski definition) is 5. The third-order valence-electron chi connectivity index (χ3n) is 5.91. The number of nitrogens with one attached hydrogen (secondary N) is 4. The number of carbonyl (C=O) groups excluding carboxylic acids is 4. The van der Waals surface area contributed by atoms with Crippen LogP contribution in [-0.4, -0.2) is 46.5 Å². The van der Waals surface area contributed by atoms with E-state index in [-0.39, 0.29) is 5.91 Å². The molecule has 0 bridgehead atoms. The van der Waals surface area contributed by atoms with Gasteiger partial charge in [0, 0.05) is 0 Å². The van der Waals surface area contributed by atoms with Crippen molar-refractivity contribution < 1.29 is 23.9 Å². The fourth-order valence-electron chi connectivity index (χ4n) is 4.29.